The van der Waals surface area contributed by atoms with Crippen molar-refractivity contribution < 1.29 is 4.74 Å². The Balaban J connectivity index is 1.83. The van der Waals surface area contributed by atoms with Crippen LogP contribution >= 0.6 is 11.3 Å². The van der Waals surface area contributed by atoms with Crippen LogP contribution in [-0.4, -0.2) is 40.7 Å². The number of ether oxygens (including phenoxy) is 1. The molecule has 7 heteroatoms. The molecule has 0 aliphatic carbocycles. The van der Waals surface area contributed by atoms with E-state index in [1.165, 1.54) is 16.0 Å². The van der Waals surface area contributed by atoms with Crippen molar-refractivity contribution in [3.05, 3.63) is 70.5 Å². The number of aromatic amines is 1. The SMILES string of the molecule is COCCCN=C(C)c1c(-c2ccccc2)[nH]n(-c2nc3ccccc3s2)c1=O. The fourth-order valence-corrected chi connectivity index (χ4v) is 4.14. The van der Waals surface area contributed by atoms with E-state index >= 15 is 0 Å². The molecule has 0 atom stereocenters. The summed E-state index contributed by atoms with van der Waals surface area (Å²) in [5, 5.41) is 3.89. The minimum absolute atomic E-state index is 0.143. The Bertz CT molecular complexity index is 1170. The maximum atomic E-state index is 13.4. The third-order valence-corrected chi connectivity index (χ3v) is 5.67. The van der Waals surface area contributed by atoms with Crippen LogP contribution in [0.5, 0.6) is 0 Å². The number of H-pyrrole nitrogens is 1. The molecule has 29 heavy (non-hydrogen) atoms. The van der Waals surface area contributed by atoms with E-state index in [2.05, 4.69) is 15.1 Å². The molecule has 148 valence electrons. The number of para-hydroxylation sites is 1. The maximum absolute atomic E-state index is 13.4. The van der Waals surface area contributed by atoms with Gasteiger partial charge in [-0.05, 0) is 25.5 Å². The molecule has 0 radical (unpaired) electrons. The minimum Gasteiger partial charge on any atom is -0.385 e. The van der Waals surface area contributed by atoms with Crippen molar-refractivity contribution in [3.63, 3.8) is 0 Å². The van der Waals surface area contributed by atoms with Gasteiger partial charge >= 0.3 is 0 Å². The Labute approximate surface area is 172 Å². The maximum Gasteiger partial charge on any atom is 0.283 e. The number of hydrogen-bond acceptors (Lipinski definition) is 5. The van der Waals surface area contributed by atoms with Crippen molar-refractivity contribution in [1.29, 1.82) is 0 Å². The molecule has 0 unspecified atom stereocenters. The van der Waals surface area contributed by atoms with Crippen LogP contribution in [-0.2, 0) is 4.74 Å². The van der Waals surface area contributed by atoms with Gasteiger partial charge < -0.3 is 4.74 Å². The molecule has 0 aliphatic heterocycles. The highest BCUT2D eigenvalue weighted by Gasteiger charge is 2.20. The van der Waals surface area contributed by atoms with E-state index < -0.39 is 0 Å². The Hall–Kier alpha value is -3.03. The van der Waals surface area contributed by atoms with Gasteiger partial charge in [-0.2, -0.15) is 4.68 Å². The molecule has 2 heterocycles. The second-order valence-corrected chi connectivity index (χ2v) is 7.66. The van der Waals surface area contributed by atoms with Crippen molar-refractivity contribution in [2.24, 2.45) is 4.99 Å². The largest absolute Gasteiger partial charge is 0.385 e. The molecule has 0 aliphatic rings. The Morgan fingerprint density at radius 1 is 1.17 bits per heavy atom. The molecule has 0 fully saturated rings. The van der Waals surface area contributed by atoms with Gasteiger partial charge in [0.2, 0.25) is 5.13 Å². The van der Waals surface area contributed by atoms with Crippen LogP contribution in [0.4, 0.5) is 0 Å². The number of rotatable bonds is 7. The molecule has 1 N–H and O–H groups in total. The number of nitrogens with one attached hydrogen (secondary N) is 1. The first-order valence-corrected chi connectivity index (χ1v) is 10.3. The Morgan fingerprint density at radius 2 is 1.93 bits per heavy atom. The van der Waals surface area contributed by atoms with Gasteiger partial charge in [0.15, 0.2) is 0 Å². The highest BCUT2D eigenvalue weighted by molar-refractivity contribution is 7.20. The van der Waals surface area contributed by atoms with E-state index in [-0.39, 0.29) is 5.56 Å². The lowest BCUT2D eigenvalue weighted by molar-refractivity contribution is 0.197. The Kier molecular flexibility index (Phi) is 5.69. The highest BCUT2D eigenvalue weighted by Crippen LogP contribution is 2.26. The lowest BCUT2D eigenvalue weighted by Crippen LogP contribution is -2.19. The van der Waals surface area contributed by atoms with Gasteiger partial charge in [0.1, 0.15) is 0 Å². The van der Waals surface area contributed by atoms with Crippen molar-refractivity contribution in [2.75, 3.05) is 20.3 Å². The predicted octanol–water partition coefficient (Wildman–Crippen LogP) is 4.29. The van der Waals surface area contributed by atoms with Gasteiger partial charge in [-0.1, -0.05) is 53.8 Å². The van der Waals surface area contributed by atoms with Crippen molar-refractivity contribution >= 4 is 27.3 Å². The average molecular weight is 407 g/mol. The number of nitrogens with zero attached hydrogens (tertiary/aromatic N) is 3. The average Bonchev–Trinajstić information content (AvgIpc) is 3.32. The molecule has 0 saturated carbocycles. The first kappa shape index (κ1) is 19.3. The van der Waals surface area contributed by atoms with Crippen LogP contribution in [0.1, 0.15) is 18.9 Å². The van der Waals surface area contributed by atoms with Crippen molar-refractivity contribution in [3.8, 4) is 16.4 Å². The number of hydrogen-bond donors (Lipinski definition) is 1. The zero-order valence-corrected chi connectivity index (χ0v) is 17.2. The molecule has 2 aromatic heterocycles. The Morgan fingerprint density at radius 3 is 2.69 bits per heavy atom. The molecule has 0 amide bonds. The van der Waals surface area contributed by atoms with Crippen LogP contribution in [0.15, 0.2) is 64.4 Å². The highest BCUT2D eigenvalue weighted by atomic mass is 32.1. The van der Waals surface area contributed by atoms with Crippen LogP contribution in [0.25, 0.3) is 26.6 Å². The molecule has 0 saturated heterocycles. The molecule has 4 aromatic rings. The smallest absolute Gasteiger partial charge is 0.283 e. The molecular formula is C22H22N4O2S. The zero-order valence-electron chi connectivity index (χ0n) is 16.4. The van der Waals surface area contributed by atoms with E-state index in [0.29, 0.717) is 29.6 Å². The summed E-state index contributed by atoms with van der Waals surface area (Å²) in [4.78, 5) is 22.6. The number of aliphatic imine (C=N–C) groups is 1. The first-order valence-electron chi connectivity index (χ1n) is 9.46. The minimum atomic E-state index is -0.143. The molecule has 0 spiro atoms. The van der Waals surface area contributed by atoms with E-state index in [4.69, 9.17) is 4.74 Å². The summed E-state index contributed by atoms with van der Waals surface area (Å²) in [6, 6.07) is 17.7. The van der Waals surface area contributed by atoms with Crippen molar-refractivity contribution in [2.45, 2.75) is 13.3 Å². The monoisotopic (exact) mass is 406 g/mol. The van der Waals surface area contributed by atoms with Gasteiger partial charge in [-0.3, -0.25) is 14.9 Å². The lowest BCUT2D eigenvalue weighted by Gasteiger charge is -2.03. The normalized spacial score (nSPS) is 12.0. The standard InChI is InChI=1S/C22H22N4O2S/c1-15(23-13-8-14-28-2)19-20(16-9-4-3-5-10-16)25-26(21(19)27)22-24-17-11-6-7-12-18(17)29-22/h3-7,9-12,25H,8,13-14H2,1-2H3. The second-order valence-electron chi connectivity index (χ2n) is 6.65. The van der Waals surface area contributed by atoms with Gasteiger partial charge in [0.05, 0.1) is 21.5 Å². The molecular weight excluding hydrogens is 384 g/mol. The van der Waals surface area contributed by atoms with Crippen LogP contribution in [0, 0.1) is 0 Å². The topological polar surface area (TPSA) is 72.3 Å². The second kappa shape index (κ2) is 8.55. The van der Waals surface area contributed by atoms with Crippen molar-refractivity contribution in [1.82, 2.24) is 14.8 Å². The third kappa shape index (κ3) is 3.92. The number of thiazole rings is 1. The summed E-state index contributed by atoms with van der Waals surface area (Å²) >= 11 is 1.48. The fourth-order valence-electron chi connectivity index (χ4n) is 3.21. The summed E-state index contributed by atoms with van der Waals surface area (Å²) in [5.74, 6) is 0. The fraction of sp³-hybridized carbons (Fsp3) is 0.227. The molecule has 2 aromatic carbocycles. The summed E-state index contributed by atoms with van der Waals surface area (Å²) in [5.41, 5.74) is 3.71. The van der Waals surface area contributed by atoms with E-state index in [1.54, 1.807) is 7.11 Å². The predicted molar refractivity (Wildman–Crippen MR) is 119 cm³/mol. The van der Waals surface area contributed by atoms with Gasteiger partial charge in [-0.25, -0.2) is 4.98 Å². The molecule has 0 bridgehead atoms. The first-order chi connectivity index (χ1) is 14.2. The number of benzene rings is 2. The summed E-state index contributed by atoms with van der Waals surface area (Å²) in [6.45, 7) is 3.14. The van der Waals surface area contributed by atoms with Gasteiger partial charge in [-0.15, -0.1) is 0 Å². The summed E-state index contributed by atoms with van der Waals surface area (Å²) in [7, 11) is 1.67. The van der Waals surface area contributed by atoms with E-state index in [0.717, 1.165) is 27.9 Å². The van der Waals surface area contributed by atoms with Gasteiger partial charge in [0, 0.05) is 31.5 Å². The number of methoxy groups -OCH3 is 1. The molecule has 4 rings (SSSR count). The summed E-state index contributed by atoms with van der Waals surface area (Å²) < 4.78 is 7.65. The number of aromatic nitrogens is 3. The quantitative estimate of drug-likeness (QED) is 0.368. The van der Waals surface area contributed by atoms with E-state index in [9.17, 15) is 4.79 Å². The zero-order chi connectivity index (χ0) is 20.2. The van der Waals surface area contributed by atoms with Crippen LogP contribution in [0.3, 0.4) is 0 Å². The lowest BCUT2D eigenvalue weighted by atomic mass is 10.1. The number of fused-ring (bicyclic) bond motifs is 1. The van der Waals surface area contributed by atoms with Gasteiger partial charge in [0.25, 0.3) is 5.56 Å². The third-order valence-electron chi connectivity index (χ3n) is 4.64. The van der Waals surface area contributed by atoms with Crippen LogP contribution < -0.4 is 5.56 Å². The molecule has 6 nitrogen and oxygen atoms in total. The van der Waals surface area contributed by atoms with E-state index in [1.807, 2.05) is 61.5 Å². The summed E-state index contributed by atoms with van der Waals surface area (Å²) in [6.07, 6.45) is 0.811. The van der Waals surface area contributed by atoms with Crippen LogP contribution in [0.2, 0.25) is 0 Å².